The summed E-state index contributed by atoms with van der Waals surface area (Å²) in [5.41, 5.74) is 10.6. The second kappa shape index (κ2) is 7.91. The zero-order valence-electron chi connectivity index (χ0n) is 17.4. The van der Waals surface area contributed by atoms with Gasteiger partial charge in [0.1, 0.15) is 11.3 Å². The van der Waals surface area contributed by atoms with Crippen LogP contribution in [0.2, 0.25) is 0 Å². The van der Waals surface area contributed by atoms with Crippen LogP contribution in [0, 0.1) is 5.53 Å². The lowest BCUT2D eigenvalue weighted by Crippen LogP contribution is -2.36. The van der Waals surface area contributed by atoms with Crippen molar-refractivity contribution in [3.05, 3.63) is 24.4 Å². The van der Waals surface area contributed by atoms with Crippen molar-refractivity contribution in [1.29, 1.82) is 5.53 Å². The second-order valence-corrected chi connectivity index (χ2v) is 7.99. The van der Waals surface area contributed by atoms with E-state index in [-0.39, 0.29) is 6.04 Å². The van der Waals surface area contributed by atoms with Gasteiger partial charge in [-0.05, 0) is 50.3 Å². The van der Waals surface area contributed by atoms with Gasteiger partial charge in [-0.2, -0.15) is 15.1 Å². The highest BCUT2D eigenvalue weighted by atomic mass is 16.5. The van der Waals surface area contributed by atoms with Gasteiger partial charge in [-0.15, -0.1) is 0 Å². The quantitative estimate of drug-likeness (QED) is 0.382. The molecule has 0 atom stereocenters. The fourth-order valence-corrected chi connectivity index (χ4v) is 4.01. The van der Waals surface area contributed by atoms with Gasteiger partial charge in [0.25, 0.3) is 0 Å². The molecule has 0 amide bonds. The van der Waals surface area contributed by atoms with E-state index in [1.54, 1.807) is 20.2 Å². The normalized spacial score (nSPS) is 21.4. The van der Waals surface area contributed by atoms with Crippen LogP contribution >= 0.6 is 0 Å². The van der Waals surface area contributed by atoms with Crippen molar-refractivity contribution in [2.75, 3.05) is 24.8 Å². The first kappa shape index (κ1) is 20.1. The highest BCUT2D eigenvalue weighted by Gasteiger charge is 2.29. The van der Waals surface area contributed by atoms with Crippen LogP contribution in [-0.2, 0) is 0 Å². The van der Waals surface area contributed by atoms with E-state index in [1.165, 1.54) is 0 Å². The first-order chi connectivity index (χ1) is 14.4. The van der Waals surface area contributed by atoms with Crippen LogP contribution in [-0.4, -0.2) is 45.9 Å². The molecule has 1 aliphatic rings. The number of H-pyrrole nitrogens is 1. The first-order valence-electron chi connectivity index (χ1n) is 10.1. The number of aliphatic hydroxyl groups is 1. The third-order valence-electron chi connectivity index (χ3n) is 5.79. The summed E-state index contributed by atoms with van der Waals surface area (Å²) in [6, 6.07) is 5.88. The monoisotopic (exact) mass is 409 g/mol. The number of aromatic nitrogens is 3. The Morgan fingerprint density at radius 3 is 2.73 bits per heavy atom. The van der Waals surface area contributed by atoms with Crippen LogP contribution in [0.15, 0.2) is 29.5 Å². The Balaban J connectivity index is 1.67. The Hall–Kier alpha value is -3.20. The molecule has 0 spiro atoms. The number of methoxy groups -OCH3 is 1. The number of benzene rings is 1. The molecule has 9 heteroatoms. The van der Waals surface area contributed by atoms with Crippen LogP contribution in [0.4, 0.5) is 17.3 Å². The molecule has 1 aromatic carbocycles. The molecular formula is C21H27N7O2. The molecule has 0 radical (unpaired) electrons. The zero-order valence-corrected chi connectivity index (χ0v) is 17.4. The minimum atomic E-state index is -0.579. The average Bonchev–Trinajstić information content (AvgIpc) is 3.18. The molecule has 0 unspecified atom stereocenters. The molecule has 0 saturated heterocycles. The molecule has 9 nitrogen and oxygen atoms in total. The van der Waals surface area contributed by atoms with E-state index in [4.69, 9.17) is 10.3 Å². The van der Waals surface area contributed by atoms with E-state index >= 15 is 0 Å². The van der Waals surface area contributed by atoms with Crippen LogP contribution in [0.25, 0.3) is 22.2 Å². The second-order valence-electron chi connectivity index (χ2n) is 7.99. The Kier molecular flexibility index (Phi) is 5.29. The summed E-state index contributed by atoms with van der Waals surface area (Å²) in [6.45, 7) is 1.89. The van der Waals surface area contributed by atoms with Crippen molar-refractivity contribution in [1.82, 2.24) is 15.0 Å². The topological polar surface area (TPSA) is 131 Å². The number of hydrogen-bond acceptors (Lipinski definition) is 8. The van der Waals surface area contributed by atoms with Crippen molar-refractivity contribution < 1.29 is 9.84 Å². The molecule has 4 rings (SSSR count). The Morgan fingerprint density at radius 1 is 1.30 bits per heavy atom. The lowest BCUT2D eigenvalue weighted by molar-refractivity contribution is 0.0195. The third kappa shape index (κ3) is 3.80. The molecule has 5 N–H and O–H groups in total. The van der Waals surface area contributed by atoms with Gasteiger partial charge in [-0.3, -0.25) is 0 Å². The summed E-state index contributed by atoms with van der Waals surface area (Å²) in [6.07, 6.45) is 5.13. The average molecular weight is 409 g/mol. The maximum atomic E-state index is 10.2. The van der Waals surface area contributed by atoms with Crippen LogP contribution in [0.3, 0.4) is 0 Å². The number of nitrogens with one attached hydrogen (secondary N) is 4. The van der Waals surface area contributed by atoms with Gasteiger partial charge in [0.2, 0.25) is 11.8 Å². The van der Waals surface area contributed by atoms with Crippen molar-refractivity contribution in [3.8, 4) is 17.0 Å². The maximum Gasteiger partial charge on any atom is 0.228 e. The Bertz CT molecular complexity index is 1070. The molecule has 0 bridgehead atoms. The number of nitrogens with zero attached hydrogens (tertiary/aromatic N) is 3. The van der Waals surface area contributed by atoms with Gasteiger partial charge in [0.15, 0.2) is 0 Å². The maximum absolute atomic E-state index is 10.2. The summed E-state index contributed by atoms with van der Waals surface area (Å²) in [7, 11) is 3.40. The number of fused-ring (bicyclic) bond motifs is 1. The van der Waals surface area contributed by atoms with Gasteiger partial charge in [0.05, 0.1) is 23.8 Å². The molecule has 1 aliphatic carbocycles. The van der Waals surface area contributed by atoms with Crippen LogP contribution < -0.4 is 15.4 Å². The van der Waals surface area contributed by atoms with Crippen LogP contribution in [0.1, 0.15) is 32.6 Å². The summed E-state index contributed by atoms with van der Waals surface area (Å²) >= 11 is 0. The van der Waals surface area contributed by atoms with E-state index in [1.807, 2.05) is 25.3 Å². The van der Waals surface area contributed by atoms with Crippen molar-refractivity contribution >= 4 is 28.4 Å². The minimum absolute atomic E-state index is 0.223. The van der Waals surface area contributed by atoms with E-state index in [0.717, 1.165) is 47.9 Å². The van der Waals surface area contributed by atoms with E-state index < -0.39 is 5.60 Å². The molecule has 1 fully saturated rings. The predicted octanol–water partition coefficient (Wildman–Crippen LogP) is 4.44. The molecule has 3 aromatic rings. The highest BCUT2D eigenvalue weighted by Crippen LogP contribution is 2.38. The lowest BCUT2D eigenvalue weighted by Gasteiger charge is -2.33. The number of hydrogen-bond donors (Lipinski definition) is 5. The molecule has 158 valence electrons. The van der Waals surface area contributed by atoms with Gasteiger partial charge < -0.3 is 25.5 Å². The number of anilines is 2. The molecule has 30 heavy (non-hydrogen) atoms. The predicted molar refractivity (Wildman–Crippen MR) is 117 cm³/mol. The minimum Gasteiger partial charge on any atom is -0.480 e. The molecule has 1 saturated carbocycles. The zero-order chi connectivity index (χ0) is 21.3. The van der Waals surface area contributed by atoms with E-state index in [2.05, 4.69) is 30.7 Å². The number of rotatable bonds is 6. The lowest BCUT2D eigenvalue weighted by atomic mass is 9.84. The van der Waals surface area contributed by atoms with Crippen LogP contribution in [0.5, 0.6) is 5.88 Å². The Labute approximate surface area is 174 Å². The largest absolute Gasteiger partial charge is 0.480 e. The van der Waals surface area contributed by atoms with Gasteiger partial charge >= 0.3 is 0 Å². The smallest absolute Gasteiger partial charge is 0.228 e. The van der Waals surface area contributed by atoms with Gasteiger partial charge in [-0.25, -0.2) is 5.53 Å². The summed E-state index contributed by atoms with van der Waals surface area (Å²) < 4.78 is 5.60. The standard InChI is InChI=1S/C21H27N7O2/c1-21(29)8-6-13(7-9-21)25-20-26-18-17(19(27-20)30-3)14(11-24-18)12-4-5-15(28-22)16(10-12)23-2/h4-5,10-11,13,22-23,29H,6-9H2,1-3H3,(H2,24,25,26,27)/t13-,21-. The fourth-order valence-electron chi connectivity index (χ4n) is 4.01. The first-order valence-corrected chi connectivity index (χ1v) is 10.1. The Morgan fingerprint density at radius 2 is 2.07 bits per heavy atom. The van der Waals surface area contributed by atoms with Crippen molar-refractivity contribution in [2.45, 2.75) is 44.2 Å². The van der Waals surface area contributed by atoms with Gasteiger partial charge in [0, 0.05) is 24.8 Å². The summed E-state index contributed by atoms with van der Waals surface area (Å²) in [4.78, 5) is 12.5. The molecule has 0 aliphatic heterocycles. The molecule has 2 heterocycles. The number of aromatic amines is 1. The van der Waals surface area contributed by atoms with E-state index in [9.17, 15) is 5.11 Å². The third-order valence-corrected chi connectivity index (χ3v) is 5.79. The highest BCUT2D eigenvalue weighted by molar-refractivity contribution is 5.98. The fraction of sp³-hybridized carbons (Fsp3) is 0.429. The number of ether oxygens (including phenoxy) is 1. The van der Waals surface area contributed by atoms with Gasteiger partial charge in [-0.1, -0.05) is 6.07 Å². The molecular weight excluding hydrogens is 382 g/mol. The summed E-state index contributed by atoms with van der Waals surface area (Å²) in [5, 5.41) is 21.0. The molecule has 2 aromatic heterocycles. The van der Waals surface area contributed by atoms with Crippen molar-refractivity contribution in [3.63, 3.8) is 0 Å². The summed E-state index contributed by atoms with van der Waals surface area (Å²) in [5.74, 6) is 1.00. The van der Waals surface area contributed by atoms with E-state index in [0.29, 0.717) is 23.2 Å². The SMILES string of the molecule is CNc1cc(-c2c[nH]c3nc(N[C@H]4CC[C@](C)(O)CC4)nc(OC)c23)ccc1N=N. The van der Waals surface area contributed by atoms with Crippen molar-refractivity contribution in [2.24, 2.45) is 5.11 Å².